The number of Topliss-reactive ketones (excluding diaryl/α,β-unsaturated/α-hetero) is 1. The highest BCUT2D eigenvalue weighted by atomic mass is 35.5. The number of rotatable bonds is 10. The number of halogens is 1. The second-order valence-corrected chi connectivity index (χ2v) is 13.2. The molecule has 2 unspecified atom stereocenters. The van der Waals surface area contributed by atoms with Gasteiger partial charge in [0.15, 0.2) is 5.78 Å². The Morgan fingerprint density at radius 1 is 1.05 bits per heavy atom. The molecule has 1 aliphatic carbocycles. The van der Waals surface area contributed by atoms with Crippen molar-refractivity contribution in [1.29, 1.82) is 0 Å². The summed E-state index contributed by atoms with van der Waals surface area (Å²) in [6, 6.07) is 17.7. The van der Waals surface area contributed by atoms with Crippen LogP contribution in [-0.2, 0) is 9.57 Å². The molecule has 2 fully saturated rings. The number of aliphatic hydroxyl groups is 1. The number of aromatic nitrogens is 1. The standard InChI is InChI=1S/C34H38ClN3O5S/c1-34(2,38-17-19-42-20-18-38)32(40)26-9-12-31(28(21-26)23-13-15-36-16-14-23)44-27-10-7-24(8-11-27)29(37-43-33(35)41)22-25-5-3-4-6-30(25)39/h7-16,21,25,30,39H,3-6,17-20,22H2,1-2H3/b37-29+. The van der Waals surface area contributed by atoms with Gasteiger partial charge in [0.1, 0.15) is 0 Å². The molecule has 3 aromatic rings. The van der Waals surface area contributed by atoms with E-state index in [0.717, 1.165) is 65.3 Å². The van der Waals surface area contributed by atoms with Crippen molar-refractivity contribution in [2.45, 2.75) is 67.4 Å². The van der Waals surface area contributed by atoms with Gasteiger partial charge in [-0.05, 0) is 92.1 Å². The molecule has 232 valence electrons. The summed E-state index contributed by atoms with van der Waals surface area (Å²) in [6.07, 6.45) is 7.30. The van der Waals surface area contributed by atoms with Gasteiger partial charge in [-0.2, -0.15) is 0 Å². The van der Waals surface area contributed by atoms with E-state index in [1.807, 2.05) is 68.4 Å². The number of nitrogens with zero attached hydrogens (tertiary/aromatic N) is 3. The first kappa shape index (κ1) is 32.3. The topological polar surface area (TPSA) is 101 Å². The fourth-order valence-corrected chi connectivity index (χ4v) is 6.94. The molecule has 0 bridgehead atoms. The third-order valence-corrected chi connectivity index (χ3v) is 9.71. The van der Waals surface area contributed by atoms with Crippen LogP contribution in [0.3, 0.4) is 0 Å². The average Bonchev–Trinajstić information content (AvgIpc) is 3.05. The van der Waals surface area contributed by atoms with E-state index in [9.17, 15) is 14.7 Å². The summed E-state index contributed by atoms with van der Waals surface area (Å²) in [6.45, 7) is 6.67. The van der Waals surface area contributed by atoms with Crippen molar-refractivity contribution in [3.05, 3.63) is 78.1 Å². The highest BCUT2D eigenvalue weighted by Crippen LogP contribution is 2.38. The molecule has 0 amide bonds. The second kappa shape index (κ2) is 14.8. The maximum Gasteiger partial charge on any atom is 0.429 e. The van der Waals surface area contributed by atoms with Crippen molar-refractivity contribution in [3.63, 3.8) is 0 Å². The lowest BCUT2D eigenvalue weighted by molar-refractivity contribution is -0.00430. The predicted octanol–water partition coefficient (Wildman–Crippen LogP) is 7.21. The molecule has 1 aliphatic heterocycles. The lowest BCUT2D eigenvalue weighted by Gasteiger charge is -2.39. The molecule has 2 aromatic carbocycles. The van der Waals surface area contributed by atoms with Crippen molar-refractivity contribution in [2.75, 3.05) is 26.3 Å². The first-order valence-electron chi connectivity index (χ1n) is 15.0. The number of carbonyl (C=O) groups excluding carboxylic acids is 2. The molecule has 1 saturated heterocycles. The number of ketones is 1. The summed E-state index contributed by atoms with van der Waals surface area (Å²) >= 11 is 7.00. The highest BCUT2D eigenvalue weighted by Gasteiger charge is 2.36. The van der Waals surface area contributed by atoms with E-state index < -0.39 is 17.1 Å². The summed E-state index contributed by atoms with van der Waals surface area (Å²) in [5, 5.41) is 14.5. The molecule has 44 heavy (non-hydrogen) atoms. The van der Waals surface area contributed by atoms with Crippen molar-refractivity contribution in [3.8, 4) is 11.1 Å². The minimum Gasteiger partial charge on any atom is -0.393 e. The zero-order valence-electron chi connectivity index (χ0n) is 25.1. The van der Waals surface area contributed by atoms with Crippen molar-refractivity contribution in [1.82, 2.24) is 9.88 Å². The SMILES string of the molecule is CC(C)(C(=O)c1ccc(Sc2ccc(/C(CC3CCCCC3O)=N/OC(=O)Cl)cc2)c(-c2ccncc2)c1)N1CCOCC1. The van der Waals surface area contributed by atoms with E-state index >= 15 is 0 Å². The van der Waals surface area contributed by atoms with Crippen molar-refractivity contribution >= 4 is 40.3 Å². The van der Waals surface area contributed by atoms with E-state index in [1.54, 1.807) is 24.2 Å². The first-order valence-corrected chi connectivity index (χ1v) is 16.2. The molecule has 1 saturated carbocycles. The zero-order chi connectivity index (χ0) is 31.1. The number of ether oxygens (including phenoxy) is 1. The Balaban J connectivity index is 1.40. The second-order valence-electron chi connectivity index (χ2n) is 11.7. The molecule has 1 N–H and O–H groups in total. The number of hydrogen-bond acceptors (Lipinski definition) is 9. The van der Waals surface area contributed by atoms with Crippen LogP contribution in [0.4, 0.5) is 4.79 Å². The molecular weight excluding hydrogens is 598 g/mol. The van der Waals surface area contributed by atoms with Gasteiger partial charge in [-0.25, -0.2) is 4.79 Å². The fraction of sp³-hybridized carbons (Fsp3) is 0.412. The normalized spacial score (nSPS) is 19.9. The van der Waals surface area contributed by atoms with Crippen LogP contribution in [0.5, 0.6) is 0 Å². The van der Waals surface area contributed by atoms with E-state index in [-0.39, 0.29) is 11.7 Å². The molecule has 2 heterocycles. The number of carbonyl (C=O) groups is 2. The highest BCUT2D eigenvalue weighted by molar-refractivity contribution is 7.99. The van der Waals surface area contributed by atoms with Crippen LogP contribution >= 0.6 is 23.4 Å². The Hall–Kier alpha value is -3.08. The molecular formula is C34H38ClN3O5S. The Kier molecular flexibility index (Phi) is 10.9. The lowest BCUT2D eigenvalue weighted by Crippen LogP contribution is -2.54. The molecule has 1 aromatic heterocycles. The maximum atomic E-state index is 13.8. The largest absolute Gasteiger partial charge is 0.429 e. The number of pyridine rings is 1. The van der Waals surface area contributed by atoms with E-state index in [0.29, 0.717) is 30.9 Å². The summed E-state index contributed by atoms with van der Waals surface area (Å²) in [5.74, 6) is 0.117. The number of aliphatic hydroxyl groups excluding tert-OH is 1. The van der Waals surface area contributed by atoms with Gasteiger partial charge in [0, 0.05) is 52.4 Å². The molecule has 0 radical (unpaired) electrons. The number of hydrogen-bond donors (Lipinski definition) is 1. The summed E-state index contributed by atoms with van der Waals surface area (Å²) < 4.78 is 5.51. The number of morpholine rings is 1. The predicted molar refractivity (Wildman–Crippen MR) is 172 cm³/mol. The van der Waals surface area contributed by atoms with Crippen molar-refractivity contribution in [2.24, 2.45) is 11.1 Å². The van der Waals surface area contributed by atoms with Crippen LogP contribution in [-0.4, -0.2) is 69.9 Å². The fourth-order valence-electron chi connectivity index (χ4n) is 5.95. The van der Waals surface area contributed by atoms with E-state index in [4.69, 9.17) is 21.2 Å². The Morgan fingerprint density at radius 3 is 2.41 bits per heavy atom. The molecule has 0 spiro atoms. The van der Waals surface area contributed by atoms with Crippen LogP contribution in [0.25, 0.3) is 11.1 Å². The quantitative estimate of drug-likeness (QED) is 0.0820. The van der Waals surface area contributed by atoms with E-state index in [2.05, 4.69) is 15.0 Å². The van der Waals surface area contributed by atoms with Crippen molar-refractivity contribution < 1.29 is 24.3 Å². The summed E-state index contributed by atoms with van der Waals surface area (Å²) in [5.41, 5.74) is 2.30. The van der Waals surface area contributed by atoms with Crippen LogP contribution in [0.2, 0.25) is 0 Å². The summed E-state index contributed by atoms with van der Waals surface area (Å²) in [4.78, 5) is 38.3. The monoisotopic (exact) mass is 635 g/mol. The maximum absolute atomic E-state index is 13.8. The molecule has 2 atom stereocenters. The minimum absolute atomic E-state index is 0.0444. The number of benzene rings is 2. The molecule has 5 rings (SSSR count). The van der Waals surface area contributed by atoms with Crippen LogP contribution in [0.15, 0.2) is 81.9 Å². The van der Waals surface area contributed by atoms with Crippen LogP contribution in [0, 0.1) is 5.92 Å². The van der Waals surface area contributed by atoms with Gasteiger partial charge in [-0.3, -0.25) is 14.7 Å². The number of oxime groups is 1. The molecule has 2 aliphatic rings. The third kappa shape index (κ3) is 7.95. The van der Waals surface area contributed by atoms with Gasteiger partial charge in [0.25, 0.3) is 0 Å². The Labute approximate surface area is 267 Å². The third-order valence-electron chi connectivity index (χ3n) is 8.56. The summed E-state index contributed by atoms with van der Waals surface area (Å²) in [7, 11) is 0. The van der Waals surface area contributed by atoms with Gasteiger partial charge in [0.2, 0.25) is 0 Å². The van der Waals surface area contributed by atoms with Crippen LogP contribution in [0.1, 0.15) is 61.9 Å². The zero-order valence-corrected chi connectivity index (χ0v) is 26.7. The van der Waals surface area contributed by atoms with E-state index in [1.165, 1.54) is 0 Å². The average molecular weight is 636 g/mol. The van der Waals surface area contributed by atoms with Gasteiger partial charge in [0.05, 0.1) is 30.6 Å². The van der Waals surface area contributed by atoms with Crippen LogP contribution < -0.4 is 0 Å². The van der Waals surface area contributed by atoms with Gasteiger partial charge in [-0.1, -0.05) is 48.0 Å². The molecule has 10 heteroatoms. The van der Waals surface area contributed by atoms with Gasteiger partial charge in [-0.15, -0.1) is 0 Å². The Morgan fingerprint density at radius 2 is 1.73 bits per heavy atom. The Bertz CT molecular complexity index is 1480. The smallest absolute Gasteiger partial charge is 0.393 e. The van der Waals surface area contributed by atoms with Gasteiger partial charge < -0.3 is 14.7 Å². The first-order chi connectivity index (χ1) is 21.2. The molecule has 8 nitrogen and oxygen atoms in total. The lowest BCUT2D eigenvalue weighted by atomic mass is 9.82. The van der Waals surface area contributed by atoms with Gasteiger partial charge >= 0.3 is 5.43 Å². The minimum atomic E-state index is -1.00.